The lowest BCUT2D eigenvalue weighted by atomic mass is 10.2. The van der Waals surface area contributed by atoms with Gasteiger partial charge in [0.1, 0.15) is 0 Å². The van der Waals surface area contributed by atoms with Crippen LogP contribution < -0.4 is 11.5 Å². The molecule has 0 aliphatic heterocycles. The fourth-order valence-electron chi connectivity index (χ4n) is 1.25. The highest BCUT2D eigenvalue weighted by atomic mass is 19.4. The number of carboxylic acids is 1. The van der Waals surface area contributed by atoms with Crippen molar-refractivity contribution in [2.45, 2.75) is 6.18 Å². The van der Waals surface area contributed by atoms with Crippen molar-refractivity contribution in [3.05, 3.63) is 36.4 Å². The Bertz CT molecular complexity index is 667. The van der Waals surface area contributed by atoms with Crippen molar-refractivity contribution in [3.63, 3.8) is 0 Å². The Morgan fingerprint density at radius 2 is 1.71 bits per heavy atom. The van der Waals surface area contributed by atoms with Crippen molar-refractivity contribution in [3.8, 4) is 0 Å². The molecule has 1 heterocycles. The molecular weight excluding hydrogens is 289 g/mol. The van der Waals surface area contributed by atoms with Crippen LogP contribution in [0, 0.1) is 0 Å². The Morgan fingerprint density at radius 1 is 1.14 bits per heavy atom. The number of para-hydroxylation sites is 1. The van der Waals surface area contributed by atoms with Gasteiger partial charge in [-0.3, -0.25) is 0 Å². The third-order valence-corrected chi connectivity index (χ3v) is 2.07. The topological polar surface area (TPSA) is 115 Å². The van der Waals surface area contributed by atoms with Gasteiger partial charge < -0.3 is 16.6 Å². The molecule has 21 heavy (non-hydrogen) atoms. The molecule has 0 saturated carbocycles. The van der Waals surface area contributed by atoms with Crippen molar-refractivity contribution < 1.29 is 23.1 Å². The number of alkyl halides is 3. The zero-order chi connectivity index (χ0) is 16.0. The Labute approximate surface area is 116 Å². The first kappa shape index (κ1) is 16.2. The number of nitrogens with zero attached hydrogens (tertiary/aromatic N) is 2. The molecule has 6 nitrogen and oxygen atoms in total. The van der Waals surface area contributed by atoms with Gasteiger partial charge in [-0.1, -0.05) is 18.2 Å². The number of fused-ring (bicyclic) bond motifs is 1. The second-order valence-electron chi connectivity index (χ2n) is 3.70. The minimum absolute atomic E-state index is 0.0211. The van der Waals surface area contributed by atoms with E-state index in [0.717, 1.165) is 10.9 Å². The van der Waals surface area contributed by atoms with E-state index in [1.807, 2.05) is 30.3 Å². The van der Waals surface area contributed by atoms with Crippen molar-refractivity contribution >= 4 is 28.6 Å². The van der Waals surface area contributed by atoms with Crippen LogP contribution in [0.5, 0.6) is 0 Å². The number of nitrogens with two attached hydrogens (primary N) is 2. The summed E-state index contributed by atoms with van der Waals surface area (Å²) in [6.45, 7) is 0. The lowest BCUT2D eigenvalue weighted by Gasteiger charge is -1.97. The number of aromatic nitrogens is 1. The van der Waals surface area contributed by atoms with Gasteiger partial charge in [0.05, 0.1) is 5.52 Å². The quantitative estimate of drug-likeness (QED) is 0.548. The van der Waals surface area contributed by atoms with Gasteiger partial charge in [0.25, 0.3) is 0 Å². The molecule has 2 aromatic rings. The highest BCUT2D eigenvalue weighted by molar-refractivity contribution is 5.82. The second-order valence-corrected chi connectivity index (χ2v) is 3.70. The van der Waals surface area contributed by atoms with E-state index in [1.165, 1.54) is 0 Å². The Morgan fingerprint density at radius 3 is 2.24 bits per heavy atom. The lowest BCUT2D eigenvalue weighted by molar-refractivity contribution is -0.192. The smallest absolute Gasteiger partial charge is 0.475 e. The molecule has 112 valence electrons. The summed E-state index contributed by atoms with van der Waals surface area (Å²) in [4.78, 5) is 17.0. The van der Waals surface area contributed by atoms with Crippen LogP contribution in [0.15, 0.2) is 41.4 Å². The summed E-state index contributed by atoms with van der Waals surface area (Å²) in [7, 11) is 0. The van der Waals surface area contributed by atoms with Crippen LogP contribution in [0.25, 0.3) is 10.9 Å². The molecule has 0 atom stereocenters. The van der Waals surface area contributed by atoms with Gasteiger partial charge in [-0.15, -0.1) is 0 Å². The molecule has 0 bridgehead atoms. The molecule has 2 rings (SSSR count). The Hall–Kier alpha value is -2.84. The van der Waals surface area contributed by atoms with Crippen molar-refractivity contribution in [2.75, 3.05) is 0 Å². The van der Waals surface area contributed by atoms with E-state index in [9.17, 15) is 13.2 Å². The molecule has 1 aromatic carbocycles. The highest BCUT2D eigenvalue weighted by Gasteiger charge is 2.38. The average Bonchev–Trinajstić information content (AvgIpc) is 2.37. The van der Waals surface area contributed by atoms with Gasteiger partial charge in [0, 0.05) is 5.39 Å². The SMILES string of the molecule is NC(N)=Nc1ccc2ccccc2n1.O=C(O)C(F)(F)F. The number of carbonyl (C=O) groups is 1. The monoisotopic (exact) mass is 300 g/mol. The summed E-state index contributed by atoms with van der Waals surface area (Å²) in [5, 5.41) is 8.20. The largest absolute Gasteiger partial charge is 0.490 e. The van der Waals surface area contributed by atoms with Gasteiger partial charge >= 0.3 is 12.1 Å². The molecule has 0 aliphatic carbocycles. The Kier molecular flexibility index (Phi) is 5.06. The molecule has 0 fully saturated rings. The first-order valence-corrected chi connectivity index (χ1v) is 5.45. The standard InChI is InChI=1S/C10H10N4.C2HF3O2/c11-10(12)14-9-6-5-7-3-1-2-4-8(7)13-9;3-2(4,5)1(6)7/h1-6H,(H4,11,12,13,14);(H,6,7). The van der Waals surface area contributed by atoms with Crippen LogP contribution in [-0.2, 0) is 4.79 Å². The third-order valence-electron chi connectivity index (χ3n) is 2.07. The second kappa shape index (κ2) is 6.55. The van der Waals surface area contributed by atoms with Crippen molar-refractivity contribution in [2.24, 2.45) is 16.5 Å². The van der Waals surface area contributed by atoms with Crippen LogP contribution in [0.2, 0.25) is 0 Å². The van der Waals surface area contributed by atoms with Crippen LogP contribution in [0.1, 0.15) is 0 Å². The van der Waals surface area contributed by atoms with Crippen molar-refractivity contribution in [1.29, 1.82) is 0 Å². The number of guanidine groups is 1. The van der Waals surface area contributed by atoms with E-state index in [2.05, 4.69) is 9.98 Å². The van der Waals surface area contributed by atoms with Gasteiger partial charge in [0.15, 0.2) is 11.8 Å². The maximum Gasteiger partial charge on any atom is 0.490 e. The number of pyridine rings is 1. The van der Waals surface area contributed by atoms with E-state index in [-0.39, 0.29) is 5.96 Å². The minimum atomic E-state index is -5.08. The van der Waals surface area contributed by atoms with E-state index < -0.39 is 12.1 Å². The summed E-state index contributed by atoms with van der Waals surface area (Å²) < 4.78 is 31.7. The molecule has 0 aliphatic rings. The lowest BCUT2D eigenvalue weighted by Crippen LogP contribution is -2.22. The molecule has 5 N–H and O–H groups in total. The molecule has 0 unspecified atom stereocenters. The first-order chi connectivity index (χ1) is 9.70. The van der Waals surface area contributed by atoms with Gasteiger partial charge in [-0.05, 0) is 18.2 Å². The zero-order valence-corrected chi connectivity index (χ0v) is 10.5. The van der Waals surface area contributed by atoms with Crippen molar-refractivity contribution in [1.82, 2.24) is 4.98 Å². The maximum absolute atomic E-state index is 10.6. The van der Waals surface area contributed by atoms with Gasteiger partial charge in [-0.25, -0.2) is 9.78 Å². The summed E-state index contributed by atoms with van der Waals surface area (Å²) >= 11 is 0. The predicted octanol–water partition coefficient (Wildman–Crippen LogP) is 1.77. The molecule has 9 heteroatoms. The molecule has 1 aromatic heterocycles. The number of rotatable bonds is 1. The van der Waals surface area contributed by atoms with Gasteiger partial charge in [0.2, 0.25) is 0 Å². The first-order valence-electron chi connectivity index (χ1n) is 5.45. The number of hydrogen-bond donors (Lipinski definition) is 3. The molecular formula is C12H11F3N4O2. The maximum atomic E-state index is 10.6. The number of aliphatic imine (C=N–C) groups is 1. The predicted molar refractivity (Wildman–Crippen MR) is 70.9 cm³/mol. The fourth-order valence-corrected chi connectivity index (χ4v) is 1.25. The Balaban J connectivity index is 0.000000270. The van der Waals surface area contributed by atoms with Gasteiger partial charge in [-0.2, -0.15) is 18.2 Å². The third kappa shape index (κ3) is 5.35. The summed E-state index contributed by atoms with van der Waals surface area (Å²) in [6.07, 6.45) is -5.08. The highest BCUT2D eigenvalue weighted by Crippen LogP contribution is 2.16. The number of benzene rings is 1. The van der Waals surface area contributed by atoms with E-state index in [0.29, 0.717) is 5.82 Å². The minimum Gasteiger partial charge on any atom is -0.475 e. The molecule has 0 saturated heterocycles. The molecule has 0 spiro atoms. The van der Waals surface area contributed by atoms with E-state index in [4.69, 9.17) is 21.4 Å². The van der Waals surface area contributed by atoms with Crippen LogP contribution in [-0.4, -0.2) is 28.2 Å². The van der Waals surface area contributed by atoms with E-state index in [1.54, 1.807) is 6.07 Å². The zero-order valence-electron chi connectivity index (χ0n) is 10.5. The fraction of sp³-hybridized carbons (Fsp3) is 0.0833. The van der Waals surface area contributed by atoms with Crippen LogP contribution >= 0.6 is 0 Å². The average molecular weight is 300 g/mol. The molecule has 0 amide bonds. The van der Waals surface area contributed by atoms with Crippen LogP contribution in [0.4, 0.5) is 19.0 Å². The number of carboxylic acid groups (broad SMARTS) is 1. The van der Waals surface area contributed by atoms with E-state index >= 15 is 0 Å². The number of halogens is 3. The summed E-state index contributed by atoms with van der Waals surface area (Å²) in [5.74, 6) is -2.20. The normalized spacial score (nSPS) is 10.4. The number of aliphatic carboxylic acids is 1. The number of hydrogen-bond acceptors (Lipinski definition) is 3. The van der Waals surface area contributed by atoms with Crippen LogP contribution in [0.3, 0.4) is 0 Å². The summed E-state index contributed by atoms with van der Waals surface area (Å²) in [6, 6.07) is 11.5. The molecule has 0 radical (unpaired) electrons. The summed E-state index contributed by atoms with van der Waals surface area (Å²) in [5.41, 5.74) is 11.4.